The van der Waals surface area contributed by atoms with Gasteiger partial charge in [-0.1, -0.05) is 6.08 Å². The lowest BCUT2D eigenvalue weighted by Gasteiger charge is -2.11. The van der Waals surface area contributed by atoms with E-state index in [0.717, 1.165) is 34.2 Å². The van der Waals surface area contributed by atoms with Gasteiger partial charge in [0.1, 0.15) is 11.5 Å². The molecule has 0 saturated carbocycles. The maximum atomic E-state index is 5.39. The Balaban J connectivity index is 2.19. The Morgan fingerprint density at radius 1 is 1.45 bits per heavy atom. The van der Waals surface area contributed by atoms with E-state index in [2.05, 4.69) is 22.0 Å². The molecule has 0 fully saturated rings. The van der Waals surface area contributed by atoms with Gasteiger partial charge < -0.3 is 9.73 Å². The molecule has 0 aliphatic heterocycles. The van der Waals surface area contributed by atoms with Gasteiger partial charge in [0.25, 0.3) is 0 Å². The third kappa shape index (κ3) is 1.97. The number of nitrogens with zero attached hydrogens (tertiary/aromatic N) is 3. The largest absolute Gasteiger partial charge is 0.463 e. The highest BCUT2D eigenvalue weighted by Crippen LogP contribution is 2.24. The molecule has 3 aromatic heterocycles. The van der Waals surface area contributed by atoms with Crippen molar-refractivity contribution in [3.05, 3.63) is 48.4 Å². The number of anilines is 1. The maximum absolute atomic E-state index is 5.39. The van der Waals surface area contributed by atoms with Gasteiger partial charge in [0.15, 0.2) is 11.4 Å². The van der Waals surface area contributed by atoms with Crippen LogP contribution in [0.4, 0.5) is 5.82 Å². The van der Waals surface area contributed by atoms with Gasteiger partial charge in [-0.15, -0.1) is 6.58 Å². The topological polar surface area (TPSA) is 55.4 Å². The molecule has 5 heteroatoms. The van der Waals surface area contributed by atoms with Crippen molar-refractivity contribution in [2.45, 2.75) is 13.8 Å². The fourth-order valence-electron chi connectivity index (χ4n) is 2.12. The molecule has 0 aliphatic carbocycles. The zero-order valence-corrected chi connectivity index (χ0v) is 11.6. The van der Waals surface area contributed by atoms with E-state index < -0.39 is 0 Å². The number of nitrogens with one attached hydrogen (secondary N) is 1. The molecule has 0 atom stereocenters. The van der Waals surface area contributed by atoms with Crippen LogP contribution in [0.2, 0.25) is 0 Å². The van der Waals surface area contributed by atoms with Crippen molar-refractivity contribution in [3.63, 3.8) is 0 Å². The van der Waals surface area contributed by atoms with Crippen molar-refractivity contribution in [1.82, 2.24) is 14.6 Å². The molecule has 3 heterocycles. The highest BCUT2D eigenvalue weighted by atomic mass is 16.3. The molecular formula is C15H16N4O. The minimum Gasteiger partial charge on any atom is -0.463 e. The average molecular weight is 268 g/mol. The summed E-state index contributed by atoms with van der Waals surface area (Å²) in [6.45, 7) is 8.43. The van der Waals surface area contributed by atoms with Gasteiger partial charge in [-0.2, -0.15) is 9.61 Å². The second kappa shape index (κ2) is 4.85. The van der Waals surface area contributed by atoms with Crippen molar-refractivity contribution in [2.75, 3.05) is 11.9 Å². The summed E-state index contributed by atoms with van der Waals surface area (Å²) in [6.07, 6.45) is 3.46. The summed E-state index contributed by atoms with van der Waals surface area (Å²) in [5.74, 6) is 1.67. The van der Waals surface area contributed by atoms with Crippen molar-refractivity contribution in [1.29, 1.82) is 0 Å². The van der Waals surface area contributed by atoms with Crippen LogP contribution in [0, 0.1) is 13.8 Å². The van der Waals surface area contributed by atoms with Crippen molar-refractivity contribution in [2.24, 2.45) is 0 Å². The normalized spacial score (nSPS) is 10.9. The third-order valence-corrected chi connectivity index (χ3v) is 3.27. The Hall–Kier alpha value is -2.56. The molecule has 20 heavy (non-hydrogen) atoms. The summed E-state index contributed by atoms with van der Waals surface area (Å²) in [4.78, 5) is 4.57. The molecule has 0 aliphatic rings. The second-order valence-electron chi connectivity index (χ2n) is 4.62. The van der Waals surface area contributed by atoms with Gasteiger partial charge in [-0.05, 0) is 26.0 Å². The molecule has 0 unspecified atom stereocenters. The summed E-state index contributed by atoms with van der Waals surface area (Å²) in [7, 11) is 0. The fraction of sp³-hybridized carbons (Fsp3) is 0.200. The first kappa shape index (κ1) is 12.5. The highest BCUT2D eigenvalue weighted by molar-refractivity contribution is 5.63. The van der Waals surface area contributed by atoms with Gasteiger partial charge in [0, 0.05) is 23.9 Å². The molecule has 1 N–H and O–H groups in total. The monoisotopic (exact) mass is 268 g/mol. The molecule has 0 amide bonds. The summed E-state index contributed by atoms with van der Waals surface area (Å²) in [6, 6.07) is 5.66. The molecular weight excluding hydrogens is 252 g/mol. The molecule has 0 radical (unpaired) electrons. The van der Waals surface area contributed by atoms with Gasteiger partial charge in [-0.25, -0.2) is 4.98 Å². The Morgan fingerprint density at radius 3 is 3.00 bits per heavy atom. The Labute approximate surface area is 116 Å². The molecule has 3 aromatic rings. The molecule has 102 valence electrons. The van der Waals surface area contributed by atoms with E-state index in [1.807, 2.05) is 42.6 Å². The van der Waals surface area contributed by atoms with Crippen LogP contribution in [0.3, 0.4) is 0 Å². The van der Waals surface area contributed by atoms with Crippen molar-refractivity contribution in [3.8, 4) is 11.5 Å². The zero-order valence-electron chi connectivity index (χ0n) is 11.6. The SMILES string of the molecule is C=CCNc1c(C)c(C)nc2cc(-c3ccco3)nn12. The first-order chi connectivity index (χ1) is 9.70. The fourth-order valence-corrected chi connectivity index (χ4v) is 2.12. The average Bonchev–Trinajstić information content (AvgIpc) is 3.07. The number of rotatable bonds is 4. The summed E-state index contributed by atoms with van der Waals surface area (Å²) in [5.41, 5.74) is 3.63. The van der Waals surface area contributed by atoms with Crippen LogP contribution in [-0.4, -0.2) is 21.1 Å². The minimum atomic E-state index is 0.676. The van der Waals surface area contributed by atoms with Crippen molar-refractivity contribution < 1.29 is 4.42 Å². The molecule has 3 rings (SSSR count). The minimum absolute atomic E-state index is 0.676. The zero-order chi connectivity index (χ0) is 14.1. The highest BCUT2D eigenvalue weighted by Gasteiger charge is 2.13. The number of hydrogen-bond acceptors (Lipinski definition) is 4. The predicted molar refractivity (Wildman–Crippen MR) is 78.8 cm³/mol. The lowest BCUT2D eigenvalue weighted by molar-refractivity contribution is 0.579. The number of furan rings is 1. The van der Waals surface area contributed by atoms with Gasteiger partial charge in [0.2, 0.25) is 0 Å². The number of fused-ring (bicyclic) bond motifs is 1. The quantitative estimate of drug-likeness (QED) is 0.738. The Kier molecular flexibility index (Phi) is 3.02. The van der Waals surface area contributed by atoms with E-state index in [-0.39, 0.29) is 0 Å². The predicted octanol–water partition coefficient (Wildman–Crippen LogP) is 3.20. The van der Waals surface area contributed by atoms with Crippen molar-refractivity contribution >= 4 is 11.5 Å². The van der Waals surface area contributed by atoms with Crippen LogP contribution in [-0.2, 0) is 0 Å². The van der Waals surface area contributed by atoms with E-state index >= 15 is 0 Å². The lowest BCUT2D eigenvalue weighted by Crippen LogP contribution is -2.09. The first-order valence-corrected chi connectivity index (χ1v) is 6.46. The first-order valence-electron chi connectivity index (χ1n) is 6.46. The lowest BCUT2D eigenvalue weighted by atomic mass is 10.2. The van der Waals surface area contributed by atoms with Gasteiger partial charge in [0.05, 0.1) is 6.26 Å². The van der Waals surface area contributed by atoms with Crippen LogP contribution < -0.4 is 5.32 Å². The molecule has 0 spiro atoms. The van der Waals surface area contributed by atoms with E-state index in [1.165, 1.54) is 0 Å². The standard InChI is InChI=1S/C15H16N4O/c1-4-7-16-15-10(2)11(3)17-14-9-12(18-19(14)15)13-6-5-8-20-13/h4-6,8-9,16H,1,7H2,2-3H3. The summed E-state index contributed by atoms with van der Waals surface area (Å²) in [5, 5.41) is 7.89. The van der Waals surface area contributed by atoms with Crippen LogP contribution in [0.15, 0.2) is 41.5 Å². The molecule has 5 nitrogen and oxygen atoms in total. The van der Waals surface area contributed by atoms with Crippen LogP contribution >= 0.6 is 0 Å². The van der Waals surface area contributed by atoms with E-state index in [4.69, 9.17) is 4.42 Å². The second-order valence-corrected chi connectivity index (χ2v) is 4.62. The molecule has 0 bridgehead atoms. The third-order valence-electron chi connectivity index (χ3n) is 3.27. The molecule has 0 aromatic carbocycles. The molecule has 0 saturated heterocycles. The Morgan fingerprint density at radius 2 is 2.30 bits per heavy atom. The van der Waals surface area contributed by atoms with E-state index in [9.17, 15) is 0 Å². The number of aryl methyl sites for hydroxylation is 1. The maximum Gasteiger partial charge on any atom is 0.158 e. The number of hydrogen-bond donors (Lipinski definition) is 1. The van der Waals surface area contributed by atoms with E-state index in [1.54, 1.807) is 6.26 Å². The number of aromatic nitrogens is 3. The van der Waals surface area contributed by atoms with Crippen LogP contribution in [0.5, 0.6) is 0 Å². The van der Waals surface area contributed by atoms with Crippen LogP contribution in [0.25, 0.3) is 17.1 Å². The smallest absolute Gasteiger partial charge is 0.158 e. The van der Waals surface area contributed by atoms with Gasteiger partial charge in [-0.3, -0.25) is 0 Å². The summed E-state index contributed by atoms with van der Waals surface area (Å²) < 4.78 is 7.20. The van der Waals surface area contributed by atoms with Crippen LogP contribution in [0.1, 0.15) is 11.3 Å². The van der Waals surface area contributed by atoms with E-state index in [0.29, 0.717) is 6.54 Å². The Bertz CT molecular complexity index is 756. The summed E-state index contributed by atoms with van der Waals surface area (Å²) >= 11 is 0. The van der Waals surface area contributed by atoms with Gasteiger partial charge >= 0.3 is 0 Å².